The van der Waals surface area contributed by atoms with E-state index in [-0.39, 0.29) is 17.9 Å². The van der Waals surface area contributed by atoms with E-state index < -0.39 is 0 Å². The Hall–Kier alpha value is -2.02. The van der Waals surface area contributed by atoms with Gasteiger partial charge >= 0.3 is 0 Å². The molecule has 0 aromatic carbocycles. The van der Waals surface area contributed by atoms with Gasteiger partial charge in [0, 0.05) is 18.9 Å². The van der Waals surface area contributed by atoms with Gasteiger partial charge in [0.05, 0.1) is 6.54 Å². The fraction of sp³-hybridized carbons (Fsp3) is 0.455. The van der Waals surface area contributed by atoms with Gasteiger partial charge in [-0.2, -0.15) is 4.68 Å². The zero-order valence-corrected chi connectivity index (χ0v) is 10.4. The second-order valence-electron chi connectivity index (χ2n) is 4.41. The van der Waals surface area contributed by atoms with E-state index in [1.807, 2.05) is 0 Å². The molecule has 0 radical (unpaired) electrons. The van der Waals surface area contributed by atoms with E-state index >= 15 is 0 Å². The summed E-state index contributed by atoms with van der Waals surface area (Å²) in [5, 5.41) is 4.08. The Morgan fingerprint density at radius 3 is 2.78 bits per heavy atom. The summed E-state index contributed by atoms with van der Waals surface area (Å²) in [7, 11) is 0. The highest BCUT2D eigenvalue weighted by Crippen LogP contribution is 1.99. The Bertz CT molecular complexity index is 585. The lowest BCUT2D eigenvalue weighted by Crippen LogP contribution is -2.27. The van der Waals surface area contributed by atoms with E-state index in [1.54, 1.807) is 17.0 Å². The molecule has 2 N–H and O–H groups in total. The Kier molecular flexibility index (Phi) is 3.52. The molecule has 96 valence electrons. The van der Waals surface area contributed by atoms with Crippen molar-refractivity contribution in [3.8, 4) is 5.82 Å². The van der Waals surface area contributed by atoms with Crippen molar-refractivity contribution in [2.45, 2.75) is 26.9 Å². The molecule has 0 atom stereocenters. The third kappa shape index (κ3) is 2.45. The number of hydrogen-bond donors (Lipinski definition) is 1. The van der Waals surface area contributed by atoms with Crippen molar-refractivity contribution in [3.05, 3.63) is 34.9 Å². The van der Waals surface area contributed by atoms with Crippen molar-refractivity contribution < 1.29 is 0 Å². The van der Waals surface area contributed by atoms with Crippen LogP contribution in [0.5, 0.6) is 0 Å². The van der Waals surface area contributed by atoms with Crippen LogP contribution < -0.4 is 11.3 Å². The van der Waals surface area contributed by atoms with Crippen LogP contribution in [0.1, 0.15) is 19.7 Å². The topological polar surface area (TPSA) is 91.6 Å². The monoisotopic (exact) mass is 248 g/mol. The first kappa shape index (κ1) is 12.4. The van der Waals surface area contributed by atoms with Gasteiger partial charge in [0.15, 0.2) is 5.82 Å². The van der Waals surface area contributed by atoms with Crippen LogP contribution in [0.4, 0.5) is 0 Å². The highest BCUT2D eigenvalue weighted by molar-refractivity contribution is 5.15. The minimum Gasteiger partial charge on any atom is -0.324 e. The summed E-state index contributed by atoms with van der Waals surface area (Å²) in [5.41, 5.74) is 5.25. The second kappa shape index (κ2) is 5.09. The van der Waals surface area contributed by atoms with Gasteiger partial charge in [-0.3, -0.25) is 4.79 Å². The summed E-state index contributed by atoms with van der Waals surface area (Å²) in [6.45, 7) is 4.98. The number of hydrogen-bond acceptors (Lipinski definition) is 5. The smallest absolute Gasteiger partial charge is 0.295 e. The van der Waals surface area contributed by atoms with Crippen LogP contribution in [-0.4, -0.2) is 24.3 Å². The van der Waals surface area contributed by atoms with Gasteiger partial charge in [-0.1, -0.05) is 13.8 Å². The summed E-state index contributed by atoms with van der Waals surface area (Å²) in [5.74, 6) is 1.11. The van der Waals surface area contributed by atoms with Crippen molar-refractivity contribution in [2.24, 2.45) is 11.7 Å². The summed E-state index contributed by atoms with van der Waals surface area (Å²) >= 11 is 0. The highest BCUT2D eigenvalue weighted by Gasteiger charge is 2.10. The van der Waals surface area contributed by atoms with Gasteiger partial charge in [-0.05, 0) is 5.92 Å². The van der Waals surface area contributed by atoms with Gasteiger partial charge < -0.3 is 10.3 Å². The predicted molar refractivity (Wildman–Crippen MR) is 66.1 cm³/mol. The molecule has 0 saturated heterocycles. The third-order valence-corrected chi connectivity index (χ3v) is 2.40. The summed E-state index contributed by atoms with van der Waals surface area (Å²) in [6, 6.07) is 0. The maximum absolute atomic E-state index is 12.2. The number of nitrogens with two attached hydrogens (primary N) is 1. The zero-order valence-electron chi connectivity index (χ0n) is 10.4. The molecule has 0 aliphatic carbocycles. The molecule has 0 aliphatic rings. The Morgan fingerprint density at radius 2 is 2.17 bits per heavy atom. The molecular weight excluding hydrogens is 232 g/mol. The minimum atomic E-state index is -0.181. The van der Waals surface area contributed by atoms with Gasteiger partial charge in [0.1, 0.15) is 6.33 Å². The molecule has 0 spiro atoms. The standard InChI is InChI=1S/C11H16N6O/c1-8(2)6-16-4-3-13-10(11(16)18)17-7-14-9(5-12)15-17/h3-4,7-8H,5-6,12H2,1-2H3. The maximum Gasteiger partial charge on any atom is 0.295 e. The third-order valence-electron chi connectivity index (χ3n) is 2.40. The van der Waals surface area contributed by atoms with Crippen LogP contribution in [0.15, 0.2) is 23.5 Å². The lowest BCUT2D eigenvalue weighted by Gasteiger charge is -2.09. The minimum absolute atomic E-state index is 0.181. The number of nitrogens with zero attached hydrogens (tertiary/aromatic N) is 5. The molecule has 2 rings (SSSR count). The second-order valence-corrected chi connectivity index (χ2v) is 4.41. The molecule has 0 saturated carbocycles. The van der Waals surface area contributed by atoms with E-state index in [2.05, 4.69) is 28.9 Å². The van der Waals surface area contributed by atoms with Gasteiger partial charge in [0.2, 0.25) is 5.82 Å². The van der Waals surface area contributed by atoms with Crippen molar-refractivity contribution in [3.63, 3.8) is 0 Å². The number of rotatable bonds is 4. The first-order valence-electron chi connectivity index (χ1n) is 5.78. The van der Waals surface area contributed by atoms with Crippen LogP contribution in [0.25, 0.3) is 5.82 Å². The predicted octanol–water partition coefficient (Wildman–Crippen LogP) is -0.0613. The molecule has 2 heterocycles. The lowest BCUT2D eigenvalue weighted by molar-refractivity contribution is 0.506. The van der Waals surface area contributed by atoms with Crippen LogP contribution in [-0.2, 0) is 13.1 Å². The van der Waals surface area contributed by atoms with Gasteiger partial charge in [0.25, 0.3) is 5.56 Å². The van der Waals surface area contributed by atoms with E-state index in [0.717, 1.165) is 0 Å². The average molecular weight is 248 g/mol. The summed E-state index contributed by atoms with van der Waals surface area (Å²) in [4.78, 5) is 20.2. The summed E-state index contributed by atoms with van der Waals surface area (Å²) in [6.07, 6.45) is 4.71. The number of aromatic nitrogens is 5. The molecule has 0 amide bonds. The maximum atomic E-state index is 12.2. The molecule has 0 aliphatic heterocycles. The normalized spacial score (nSPS) is 11.1. The molecule has 0 unspecified atom stereocenters. The highest BCUT2D eigenvalue weighted by atomic mass is 16.1. The molecule has 2 aromatic heterocycles. The van der Waals surface area contributed by atoms with E-state index in [9.17, 15) is 4.79 Å². The Morgan fingerprint density at radius 1 is 1.39 bits per heavy atom. The molecule has 2 aromatic rings. The average Bonchev–Trinajstić information content (AvgIpc) is 2.80. The first-order valence-corrected chi connectivity index (χ1v) is 5.78. The molecule has 0 bridgehead atoms. The Balaban J connectivity index is 2.42. The Labute approximate surface area is 104 Å². The van der Waals surface area contributed by atoms with Crippen molar-refractivity contribution >= 4 is 0 Å². The lowest BCUT2D eigenvalue weighted by atomic mass is 10.2. The largest absolute Gasteiger partial charge is 0.324 e. The fourth-order valence-electron chi connectivity index (χ4n) is 1.62. The summed E-state index contributed by atoms with van der Waals surface area (Å²) < 4.78 is 2.98. The molecular formula is C11H16N6O. The van der Waals surface area contributed by atoms with Gasteiger partial charge in [-0.25, -0.2) is 9.97 Å². The van der Waals surface area contributed by atoms with E-state index in [4.69, 9.17) is 5.73 Å². The van der Waals surface area contributed by atoms with Crippen molar-refractivity contribution in [2.75, 3.05) is 0 Å². The fourth-order valence-corrected chi connectivity index (χ4v) is 1.62. The quantitative estimate of drug-likeness (QED) is 0.818. The van der Waals surface area contributed by atoms with Crippen LogP contribution in [0.2, 0.25) is 0 Å². The molecule has 18 heavy (non-hydrogen) atoms. The first-order chi connectivity index (χ1) is 8.61. The SMILES string of the molecule is CC(C)Cn1ccnc(-n2cnc(CN)n2)c1=O. The van der Waals surface area contributed by atoms with E-state index in [0.29, 0.717) is 18.3 Å². The molecule has 0 fully saturated rings. The van der Waals surface area contributed by atoms with E-state index in [1.165, 1.54) is 11.0 Å². The zero-order chi connectivity index (χ0) is 13.1. The molecule has 7 heteroatoms. The van der Waals surface area contributed by atoms with Crippen LogP contribution >= 0.6 is 0 Å². The van der Waals surface area contributed by atoms with Crippen molar-refractivity contribution in [1.82, 2.24) is 24.3 Å². The van der Waals surface area contributed by atoms with Gasteiger partial charge in [-0.15, -0.1) is 5.10 Å². The van der Waals surface area contributed by atoms with Crippen molar-refractivity contribution in [1.29, 1.82) is 0 Å². The van der Waals surface area contributed by atoms with Crippen LogP contribution in [0.3, 0.4) is 0 Å². The van der Waals surface area contributed by atoms with Crippen LogP contribution in [0, 0.1) is 5.92 Å². The molecule has 7 nitrogen and oxygen atoms in total.